The van der Waals surface area contributed by atoms with E-state index in [1.807, 2.05) is 48.0 Å². The fraction of sp³-hybridized carbons (Fsp3) is 0.219. The van der Waals surface area contributed by atoms with Crippen molar-refractivity contribution in [1.82, 2.24) is 4.40 Å². The van der Waals surface area contributed by atoms with Gasteiger partial charge >= 0.3 is 11.5 Å². The number of rotatable bonds is 8. The van der Waals surface area contributed by atoms with E-state index in [4.69, 9.17) is 4.74 Å². The molecule has 0 fully saturated rings. The molecule has 0 aliphatic carbocycles. The molecule has 0 atom stereocenters. The van der Waals surface area contributed by atoms with E-state index in [1.54, 1.807) is 28.3 Å². The van der Waals surface area contributed by atoms with Gasteiger partial charge < -0.3 is 4.74 Å². The molecule has 0 unspecified atom stereocenters. The van der Waals surface area contributed by atoms with Crippen LogP contribution in [0.15, 0.2) is 93.4 Å². The Morgan fingerprint density at radius 1 is 0.895 bits per heavy atom. The standard InChI is InChI=1S/C32H29N2O3S/c1-3-4-5-9-19-37-32(36)21-15-17-26-27(20-21)34-30(33(26)2)24-16-18-28(38-22-11-7-6-8-12-22)23-13-10-14-25(29(23)24)31(34)35/h6-8,10-18,20H,3-5,9,19H2,1-2H3/q+1. The predicted octanol–water partition coefficient (Wildman–Crippen LogP) is 6.91. The molecule has 0 bridgehead atoms. The molecule has 2 aromatic heterocycles. The Labute approximate surface area is 225 Å². The van der Waals surface area contributed by atoms with Crippen molar-refractivity contribution in [2.75, 3.05) is 6.61 Å². The largest absolute Gasteiger partial charge is 0.462 e. The van der Waals surface area contributed by atoms with Crippen molar-refractivity contribution in [2.24, 2.45) is 7.05 Å². The minimum absolute atomic E-state index is 0.0874. The summed E-state index contributed by atoms with van der Waals surface area (Å²) in [6.07, 6.45) is 4.19. The van der Waals surface area contributed by atoms with Crippen LogP contribution in [-0.2, 0) is 11.8 Å². The Kier molecular flexibility index (Phi) is 6.50. The number of ether oxygens (including phenoxy) is 1. The Bertz CT molecular complexity index is 1860. The second-order valence-corrected chi connectivity index (χ2v) is 10.8. The topological polar surface area (TPSA) is 51.7 Å². The highest BCUT2D eigenvalue weighted by Crippen LogP contribution is 2.38. The molecule has 0 saturated carbocycles. The van der Waals surface area contributed by atoms with E-state index in [0.717, 1.165) is 62.8 Å². The van der Waals surface area contributed by atoms with Crippen molar-refractivity contribution in [1.29, 1.82) is 0 Å². The molecule has 190 valence electrons. The molecular formula is C32H29N2O3S+. The van der Waals surface area contributed by atoms with Gasteiger partial charge in [-0.1, -0.05) is 68.3 Å². The van der Waals surface area contributed by atoms with E-state index in [-0.39, 0.29) is 11.5 Å². The highest BCUT2D eigenvalue weighted by Gasteiger charge is 2.26. The van der Waals surface area contributed by atoms with Crippen molar-refractivity contribution >= 4 is 56.0 Å². The van der Waals surface area contributed by atoms with Gasteiger partial charge in [-0.15, -0.1) is 0 Å². The first-order chi connectivity index (χ1) is 18.6. The zero-order chi connectivity index (χ0) is 26.2. The first kappa shape index (κ1) is 24.4. The molecule has 2 heterocycles. The maximum absolute atomic E-state index is 14.0. The number of carbonyl (C=O) groups excluding carboxylic acids is 1. The van der Waals surface area contributed by atoms with Gasteiger partial charge in [0.05, 0.1) is 30.0 Å². The van der Waals surface area contributed by atoms with E-state index in [2.05, 4.69) is 37.3 Å². The van der Waals surface area contributed by atoms with Crippen LogP contribution in [0.1, 0.15) is 43.0 Å². The third kappa shape index (κ3) is 4.09. The summed E-state index contributed by atoms with van der Waals surface area (Å²) in [6.45, 7) is 2.57. The van der Waals surface area contributed by atoms with Gasteiger partial charge in [0, 0.05) is 21.2 Å². The van der Waals surface area contributed by atoms with Gasteiger partial charge in [-0.3, -0.25) is 0 Å². The van der Waals surface area contributed by atoms with Crippen LogP contribution >= 0.6 is 11.8 Å². The summed E-state index contributed by atoms with van der Waals surface area (Å²) < 4.78 is 9.31. The van der Waals surface area contributed by atoms with Crippen LogP contribution in [0.4, 0.5) is 0 Å². The van der Waals surface area contributed by atoms with E-state index >= 15 is 0 Å². The fourth-order valence-electron chi connectivity index (χ4n) is 5.34. The lowest BCUT2D eigenvalue weighted by molar-refractivity contribution is -0.617. The van der Waals surface area contributed by atoms with Crippen LogP contribution in [0.25, 0.3) is 38.2 Å². The normalized spacial score (nSPS) is 11.7. The van der Waals surface area contributed by atoms with Gasteiger partial charge in [-0.05, 0) is 54.3 Å². The van der Waals surface area contributed by atoms with Crippen LogP contribution in [-0.4, -0.2) is 17.0 Å². The molecule has 6 heteroatoms. The van der Waals surface area contributed by atoms with Crippen molar-refractivity contribution < 1.29 is 14.1 Å². The molecule has 0 saturated heterocycles. The molecule has 0 amide bonds. The minimum Gasteiger partial charge on any atom is -0.462 e. The molecule has 4 aromatic carbocycles. The minimum atomic E-state index is -0.352. The highest BCUT2D eigenvalue weighted by molar-refractivity contribution is 7.99. The van der Waals surface area contributed by atoms with Gasteiger partial charge in [0.25, 0.3) is 5.65 Å². The van der Waals surface area contributed by atoms with Gasteiger partial charge in [0.2, 0.25) is 0 Å². The van der Waals surface area contributed by atoms with E-state index in [9.17, 15) is 9.59 Å². The van der Waals surface area contributed by atoms with Crippen molar-refractivity contribution in [3.8, 4) is 0 Å². The van der Waals surface area contributed by atoms with Gasteiger partial charge in [-0.2, -0.15) is 4.40 Å². The van der Waals surface area contributed by atoms with E-state index < -0.39 is 0 Å². The molecule has 0 aliphatic heterocycles. The van der Waals surface area contributed by atoms with Crippen molar-refractivity contribution in [3.05, 3.63) is 94.8 Å². The van der Waals surface area contributed by atoms with E-state index in [0.29, 0.717) is 23.1 Å². The third-order valence-corrected chi connectivity index (χ3v) is 8.30. The number of hydrogen-bond donors (Lipinski definition) is 0. The van der Waals surface area contributed by atoms with Crippen LogP contribution in [0.2, 0.25) is 0 Å². The maximum Gasteiger partial charge on any atom is 0.347 e. The number of imidazole rings is 1. The number of carbonyl (C=O) groups is 1. The average molecular weight is 522 g/mol. The molecule has 0 aliphatic rings. The van der Waals surface area contributed by atoms with Crippen LogP contribution in [0, 0.1) is 0 Å². The summed E-state index contributed by atoms with van der Waals surface area (Å²) in [5.74, 6) is -0.352. The lowest BCUT2D eigenvalue weighted by atomic mass is 10.0. The van der Waals surface area contributed by atoms with Crippen molar-refractivity contribution in [3.63, 3.8) is 0 Å². The first-order valence-corrected chi connectivity index (χ1v) is 14.0. The Morgan fingerprint density at radius 2 is 1.71 bits per heavy atom. The lowest BCUT2D eigenvalue weighted by Crippen LogP contribution is -2.29. The Morgan fingerprint density at radius 3 is 2.53 bits per heavy atom. The molecule has 38 heavy (non-hydrogen) atoms. The molecule has 6 rings (SSSR count). The second kappa shape index (κ2) is 10.1. The van der Waals surface area contributed by atoms with Crippen LogP contribution in [0.5, 0.6) is 0 Å². The number of aryl methyl sites for hydroxylation is 1. The summed E-state index contributed by atoms with van der Waals surface area (Å²) in [4.78, 5) is 29.0. The average Bonchev–Trinajstić information content (AvgIpc) is 3.24. The number of unbranched alkanes of at least 4 members (excludes halogenated alkanes) is 3. The summed E-state index contributed by atoms with van der Waals surface area (Å²) in [6, 6.07) is 25.9. The van der Waals surface area contributed by atoms with Gasteiger partial charge in [0.1, 0.15) is 0 Å². The van der Waals surface area contributed by atoms with E-state index in [1.165, 1.54) is 0 Å². The number of fused-ring (bicyclic) bond motifs is 4. The van der Waals surface area contributed by atoms with Crippen LogP contribution < -0.4 is 10.1 Å². The SMILES string of the molecule is CCCCCCOC(=O)c1ccc2c(c1)n1c(=O)c3cccc4c(Sc5ccccc5)ccc(c43)c1[n+]2C. The zero-order valence-electron chi connectivity index (χ0n) is 21.6. The molecule has 6 aromatic rings. The smallest absolute Gasteiger partial charge is 0.347 e. The fourth-order valence-corrected chi connectivity index (χ4v) is 6.31. The monoisotopic (exact) mass is 521 g/mol. The number of benzene rings is 4. The summed E-state index contributed by atoms with van der Waals surface area (Å²) in [5.41, 5.74) is 2.78. The zero-order valence-corrected chi connectivity index (χ0v) is 22.4. The Balaban J connectivity index is 1.50. The summed E-state index contributed by atoms with van der Waals surface area (Å²) >= 11 is 1.70. The predicted molar refractivity (Wildman–Crippen MR) is 154 cm³/mol. The highest BCUT2D eigenvalue weighted by atomic mass is 32.2. The number of nitrogens with zero attached hydrogens (tertiary/aromatic N) is 2. The molecule has 0 radical (unpaired) electrons. The summed E-state index contributed by atoms with van der Waals surface area (Å²) in [7, 11) is 1.97. The van der Waals surface area contributed by atoms with Gasteiger partial charge in [0.15, 0.2) is 11.0 Å². The second-order valence-electron chi connectivity index (χ2n) is 9.68. The number of esters is 1. The summed E-state index contributed by atoms with van der Waals surface area (Å²) in [5, 5.41) is 3.70. The van der Waals surface area contributed by atoms with Crippen molar-refractivity contribution in [2.45, 2.75) is 42.4 Å². The molecule has 5 nitrogen and oxygen atoms in total. The molecule has 0 spiro atoms. The lowest BCUT2D eigenvalue weighted by Gasteiger charge is -2.09. The van der Waals surface area contributed by atoms with Crippen LogP contribution in [0.3, 0.4) is 0 Å². The number of hydrogen-bond acceptors (Lipinski definition) is 4. The number of aromatic nitrogens is 2. The first-order valence-electron chi connectivity index (χ1n) is 13.1. The molecule has 0 N–H and O–H groups in total. The molecular weight excluding hydrogens is 492 g/mol. The third-order valence-electron chi connectivity index (χ3n) is 7.22. The quantitative estimate of drug-likeness (QED) is 0.124. The van der Waals surface area contributed by atoms with Gasteiger partial charge in [-0.25, -0.2) is 14.2 Å². The Hall–Kier alpha value is -3.90. The number of pyridine rings is 1. The maximum atomic E-state index is 14.0.